The number of nitrogens with one attached hydrogen (secondary N) is 1. The van der Waals surface area contributed by atoms with Gasteiger partial charge in [-0.3, -0.25) is 9.69 Å². The maximum absolute atomic E-state index is 12.2. The summed E-state index contributed by atoms with van der Waals surface area (Å²) in [7, 11) is 0. The van der Waals surface area contributed by atoms with Crippen molar-refractivity contribution in [1.82, 2.24) is 10.2 Å². The van der Waals surface area contributed by atoms with Crippen LogP contribution in [0, 0.1) is 5.92 Å². The molecule has 0 spiro atoms. The minimum absolute atomic E-state index is 0.0473. The molecule has 0 bridgehead atoms. The normalized spacial score (nSPS) is 17.7. The van der Waals surface area contributed by atoms with E-state index >= 15 is 0 Å². The van der Waals surface area contributed by atoms with Gasteiger partial charge in [-0.1, -0.05) is 13.8 Å². The van der Waals surface area contributed by atoms with E-state index in [0.29, 0.717) is 29.8 Å². The van der Waals surface area contributed by atoms with Crippen LogP contribution < -0.4 is 11.1 Å². The smallest absolute Gasteiger partial charge is 0.251 e. The molecule has 2 rings (SSSR count). The van der Waals surface area contributed by atoms with Crippen LogP contribution in [0.2, 0.25) is 0 Å². The molecule has 0 aromatic heterocycles. The number of ether oxygens (including phenoxy) is 1. The number of nitrogens with two attached hydrogens (primary N) is 1. The Bertz CT molecular complexity index is 453. The molecule has 1 aromatic carbocycles. The summed E-state index contributed by atoms with van der Waals surface area (Å²) in [6, 6.07) is 7.34. The first-order chi connectivity index (χ1) is 10.1. The standard InChI is InChI=1S/C16H25N3O2/c1-12(2)15(19-7-9-21-10-8-19)11-18-16(20)13-3-5-14(17)6-4-13/h3-6,12,15H,7-11,17H2,1-2H3,(H,18,20). The molecule has 0 saturated carbocycles. The van der Waals surface area contributed by atoms with Crippen molar-refractivity contribution in [3.63, 3.8) is 0 Å². The van der Waals surface area contributed by atoms with E-state index < -0.39 is 0 Å². The fraction of sp³-hybridized carbons (Fsp3) is 0.562. The summed E-state index contributed by atoms with van der Waals surface area (Å²) in [5.41, 5.74) is 6.95. The molecule has 1 fully saturated rings. The molecule has 116 valence electrons. The molecular formula is C16H25N3O2. The van der Waals surface area contributed by atoms with Gasteiger partial charge in [-0.2, -0.15) is 0 Å². The second-order valence-electron chi connectivity index (χ2n) is 5.79. The molecule has 1 amide bonds. The van der Waals surface area contributed by atoms with Crippen molar-refractivity contribution >= 4 is 11.6 Å². The minimum Gasteiger partial charge on any atom is -0.399 e. The van der Waals surface area contributed by atoms with Gasteiger partial charge in [0.1, 0.15) is 0 Å². The molecular weight excluding hydrogens is 266 g/mol. The average Bonchev–Trinajstić information content (AvgIpc) is 2.48. The Morgan fingerprint density at radius 1 is 1.29 bits per heavy atom. The molecule has 21 heavy (non-hydrogen) atoms. The van der Waals surface area contributed by atoms with Gasteiger partial charge < -0.3 is 15.8 Å². The predicted molar refractivity (Wildman–Crippen MR) is 84.2 cm³/mol. The van der Waals surface area contributed by atoms with E-state index in [1.165, 1.54) is 0 Å². The van der Waals surface area contributed by atoms with Gasteiger partial charge in [-0.15, -0.1) is 0 Å². The van der Waals surface area contributed by atoms with Gasteiger partial charge in [0.25, 0.3) is 5.91 Å². The highest BCUT2D eigenvalue weighted by atomic mass is 16.5. The highest BCUT2D eigenvalue weighted by molar-refractivity contribution is 5.94. The summed E-state index contributed by atoms with van der Waals surface area (Å²) in [5, 5.41) is 3.03. The van der Waals surface area contributed by atoms with Gasteiger partial charge in [-0.05, 0) is 30.2 Å². The Labute approximate surface area is 126 Å². The number of anilines is 1. The van der Waals surface area contributed by atoms with E-state index in [9.17, 15) is 4.79 Å². The first kappa shape index (κ1) is 15.8. The third kappa shape index (κ3) is 4.44. The quantitative estimate of drug-likeness (QED) is 0.804. The number of carbonyl (C=O) groups is 1. The Morgan fingerprint density at radius 2 is 1.90 bits per heavy atom. The number of amides is 1. The molecule has 1 heterocycles. The fourth-order valence-electron chi connectivity index (χ4n) is 2.63. The van der Waals surface area contributed by atoms with E-state index in [4.69, 9.17) is 10.5 Å². The van der Waals surface area contributed by atoms with Crippen molar-refractivity contribution in [2.75, 3.05) is 38.6 Å². The number of rotatable bonds is 5. The van der Waals surface area contributed by atoms with Crippen LogP contribution in [0.1, 0.15) is 24.2 Å². The molecule has 5 heteroatoms. The van der Waals surface area contributed by atoms with Gasteiger partial charge in [-0.25, -0.2) is 0 Å². The van der Waals surface area contributed by atoms with E-state index in [1.807, 2.05) is 0 Å². The van der Waals surface area contributed by atoms with Crippen molar-refractivity contribution in [3.8, 4) is 0 Å². The van der Waals surface area contributed by atoms with Crippen molar-refractivity contribution in [2.24, 2.45) is 5.92 Å². The third-order valence-corrected chi connectivity index (χ3v) is 3.93. The Hall–Kier alpha value is -1.59. The van der Waals surface area contributed by atoms with Crippen LogP contribution in [-0.4, -0.2) is 49.7 Å². The molecule has 1 aromatic rings. The third-order valence-electron chi connectivity index (χ3n) is 3.93. The summed E-state index contributed by atoms with van der Waals surface area (Å²) in [5.74, 6) is 0.434. The first-order valence-electron chi connectivity index (χ1n) is 7.53. The molecule has 5 nitrogen and oxygen atoms in total. The van der Waals surface area contributed by atoms with Gasteiger partial charge in [0.15, 0.2) is 0 Å². The largest absolute Gasteiger partial charge is 0.399 e. The number of hydrogen-bond donors (Lipinski definition) is 2. The monoisotopic (exact) mass is 291 g/mol. The lowest BCUT2D eigenvalue weighted by atomic mass is 10.0. The zero-order chi connectivity index (χ0) is 15.2. The molecule has 1 saturated heterocycles. The Balaban J connectivity index is 1.91. The maximum Gasteiger partial charge on any atom is 0.251 e. The van der Waals surface area contributed by atoms with Crippen LogP contribution in [0.5, 0.6) is 0 Å². The van der Waals surface area contributed by atoms with Gasteiger partial charge in [0.2, 0.25) is 0 Å². The molecule has 1 aliphatic heterocycles. The summed E-state index contributed by atoms with van der Waals surface area (Å²) >= 11 is 0. The van der Waals surface area contributed by atoms with Gasteiger partial charge >= 0.3 is 0 Å². The lowest BCUT2D eigenvalue weighted by Gasteiger charge is -2.36. The zero-order valence-electron chi connectivity index (χ0n) is 12.8. The highest BCUT2D eigenvalue weighted by Gasteiger charge is 2.24. The number of hydrogen-bond acceptors (Lipinski definition) is 4. The second-order valence-corrected chi connectivity index (χ2v) is 5.79. The minimum atomic E-state index is -0.0473. The van der Waals surface area contributed by atoms with E-state index in [2.05, 4.69) is 24.1 Å². The van der Waals surface area contributed by atoms with Crippen LogP contribution in [-0.2, 0) is 4.74 Å². The summed E-state index contributed by atoms with van der Waals surface area (Å²) in [6.07, 6.45) is 0. The van der Waals surface area contributed by atoms with Crippen molar-refractivity contribution in [3.05, 3.63) is 29.8 Å². The summed E-state index contributed by atoms with van der Waals surface area (Å²) < 4.78 is 5.39. The van der Waals surface area contributed by atoms with Crippen molar-refractivity contribution in [2.45, 2.75) is 19.9 Å². The summed E-state index contributed by atoms with van der Waals surface area (Å²) in [6.45, 7) is 8.44. The fourth-order valence-corrected chi connectivity index (χ4v) is 2.63. The van der Waals surface area contributed by atoms with Crippen molar-refractivity contribution in [1.29, 1.82) is 0 Å². The van der Waals surface area contributed by atoms with Crippen LogP contribution >= 0.6 is 0 Å². The Kier molecular flexibility index (Phi) is 5.59. The molecule has 3 N–H and O–H groups in total. The number of morpholine rings is 1. The van der Waals surface area contributed by atoms with Crippen LogP contribution in [0.3, 0.4) is 0 Å². The van der Waals surface area contributed by atoms with E-state index in [-0.39, 0.29) is 5.91 Å². The zero-order valence-corrected chi connectivity index (χ0v) is 12.8. The second kappa shape index (κ2) is 7.43. The predicted octanol–water partition coefficient (Wildman–Crippen LogP) is 1.36. The van der Waals surface area contributed by atoms with Gasteiger partial charge in [0.05, 0.1) is 13.2 Å². The number of carbonyl (C=O) groups excluding carboxylic acids is 1. The van der Waals surface area contributed by atoms with Gasteiger partial charge in [0, 0.05) is 36.9 Å². The molecule has 0 aliphatic carbocycles. The van der Waals surface area contributed by atoms with Crippen LogP contribution in [0.4, 0.5) is 5.69 Å². The van der Waals surface area contributed by atoms with E-state index in [1.54, 1.807) is 24.3 Å². The lowest BCUT2D eigenvalue weighted by molar-refractivity contribution is 0.00673. The summed E-state index contributed by atoms with van der Waals surface area (Å²) in [4.78, 5) is 14.6. The number of benzene rings is 1. The Morgan fingerprint density at radius 3 is 2.48 bits per heavy atom. The molecule has 0 radical (unpaired) electrons. The molecule has 1 unspecified atom stereocenters. The lowest BCUT2D eigenvalue weighted by Crippen LogP contribution is -2.51. The molecule has 1 atom stereocenters. The van der Waals surface area contributed by atoms with E-state index in [0.717, 1.165) is 26.3 Å². The van der Waals surface area contributed by atoms with Crippen LogP contribution in [0.15, 0.2) is 24.3 Å². The topological polar surface area (TPSA) is 67.6 Å². The molecule has 1 aliphatic rings. The first-order valence-corrected chi connectivity index (χ1v) is 7.53. The van der Waals surface area contributed by atoms with Crippen molar-refractivity contribution < 1.29 is 9.53 Å². The highest BCUT2D eigenvalue weighted by Crippen LogP contribution is 2.13. The number of nitrogen functional groups attached to an aromatic ring is 1. The average molecular weight is 291 g/mol. The maximum atomic E-state index is 12.2. The number of nitrogens with zero attached hydrogens (tertiary/aromatic N) is 1. The SMILES string of the molecule is CC(C)C(CNC(=O)c1ccc(N)cc1)N1CCOCC1. The van der Waals surface area contributed by atoms with Crippen LogP contribution in [0.25, 0.3) is 0 Å².